The van der Waals surface area contributed by atoms with Crippen molar-refractivity contribution in [2.75, 3.05) is 18.5 Å². The Morgan fingerprint density at radius 1 is 1.12 bits per heavy atom. The number of carbonyl (C=O) groups is 1. The first-order valence-electron chi connectivity index (χ1n) is 7.75. The van der Waals surface area contributed by atoms with E-state index in [1.807, 2.05) is 30.3 Å². The van der Waals surface area contributed by atoms with E-state index in [0.29, 0.717) is 36.2 Å². The molecule has 1 aliphatic rings. The lowest BCUT2D eigenvalue weighted by molar-refractivity contribution is -0.115. The van der Waals surface area contributed by atoms with Crippen LogP contribution in [-0.4, -0.2) is 28.6 Å². The lowest BCUT2D eigenvalue weighted by Crippen LogP contribution is -2.29. The number of fused-ring (bicyclic) bond motifs is 1. The van der Waals surface area contributed by atoms with Gasteiger partial charge in [-0.05, 0) is 24.6 Å². The fourth-order valence-electron chi connectivity index (χ4n) is 2.35. The number of hydrogen-bond acceptors (Lipinski definition) is 4. The van der Waals surface area contributed by atoms with Gasteiger partial charge in [0.05, 0.1) is 0 Å². The molecule has 0 saturated heterocycles. The Labute approximate surface area is 143 Å². The molecule has 1 amide bonds. The van der Waals surface area contributed by atoms with E-state index in [-0.39, 0.29) is 5.91 Å². The summed E-state index contributed by atoms with van der Waals surface area (Å²) < 4.78 is 23.3. The SMILES string of the molecule is C[C@@H](C(=O)Nc1ccc2c(c1)OCCO2)[S@@](=O)Cc1ccccc1. The predicted octanol–water partition coefficient (Wildman–Crippen LogP) is 2.73. The van der Waals surface area contributed by atoms with Gasteiger partial charge >= 0.3 is 0 Å². The standard InChI is InChI=1S/C18H19NO4S/c1-13(24(21)12-14-5-3-2-4-6-14)18(20)19-15-7-8-16-17(11-15)23-10-9-22-16/h2-8,11,13H,9-10,12H2,1H3,(H,19,20)/t13-,24-/m0/s1. The van der Waals surface area contributed by atoms with Crippen molar-refractivity contribution in [2.24, 2.45) is 0 Å². The molecule has 0 radical (unpaired) electrons. The Morgan fingerprint density at radius 2 is 1.83 bits per heavy atom. The smallest absolute Gasteiger partial charge is 0.239 e. The number of hydrogen-bond donors (Lipinski definition) is 1. The first-order chi connectivity index (χ1) is 11.6. The highest BCUT2D eigenvalue weighted by molar-refractivity contribution is 7.85. The van der Waals surface area contributed by atoms with Crippen LogP contribution >= 0.6 is 0 Å². The van der Waals surface area contributed by atoms with Crippen LogP contribution in [0.4, 0.5) is 5.69 Å². The van der Waals surface area contributed by atoms with E-state index in [1.165, 1.54) is 0 Å². The van der Waals surface area contributed by atoms with Crippen molar-refractivity contribution in [1.82, 2.24) is 0 Å². The van der Waals surface area contributed by atoms with E-state index in [0.717, 1.165) is 5.56 Å². The Bertz CT molecular complexity index is 748. The van der Waals surface area contributed by atoms with Crippen LogP contribution in [0.25, 0.3) is 0 Å². The second-order valence-corrected chi connectivity index (χ2v) is 7.26. The summed E-state index contributed by atoms with van der Waals surface area (Å²) in [5, 5.41) is 2.18. The highest BCUT2D eigenvalue weighted by Crippen LogP contribution is 2.32. The van der Waals surface area contributed by atoms with Crippen LogP contribution < -0.4 is 14.8 Å². The monoisotopic (exact) mass is 345 g/mol. The van der Waals surface area contributed by atoms with Crippen LogP contribution in [0, 0.1) is 0 Å². The normalized spacial score (nSPS) is 15.4. The number of nitrogens with one attached hydrogen (secondary N) is 1. The average molecular weight is 345 g/mol. The number of carbonyl (C=O) groups excluding carboxylic acids is 1. The molecule has 1 heterocycles. The second kappa shape index (κ2) is 7.49. The van der Waals surface area contributed by atoms with Gasteiger partial charge in [-0.2, -0.15) is 0 Å². The quantitative estimate of drug-likeness (QED) is 0.905. The van der Waals surface area contributed by atoms with Gasteiger partial charge in [0, 0.05) is 28.3 Å². The third kappa shape index (κ3) is 3.94. The molecule has 1 N–H and O–H groups in total. The number of ether oxygens (including phenoxy) is 2. The van der Waals surface area contributed by atoms with Gasteiger partial charge in [-0.3, -0.25) is 9.00 Å². The molecule has 0 aliphatic carbocycles. The zero-order valence-corrected chi connectivity index (χ0v) is 14.2. The molecule has 2 atom stereocenters. The number of anilines is 1. The predicted molar refractivity (Wildman–Crippen MR) is 93.8 cm³/mol. The molecule has 0 aromatic heterocycles. The highest BCUT2D eigenvalue weighted by atomic mass is 32.2. The summed E-state index contributed by atoms with van der Waals surface area (Å²) in [6, 6.07) is 14.7. The zero-order valence-electron chi connectivity index (χ0n) is 13.4. The van der Waals surface area contributed by atoms with Crippen molar-refractivity contribution in [3.8, 4) is 11.5 Å². The Kier molecular flexibility index (Phi) is 5.15. The van der Waals surface area contributed by atoms with Gasteiger partial charge in [-0.25, -0.2) is 0 Å². The fraction of sp³-hybridized carbons (Fsp3) is 0.278. The molecule has 6 heteroatoms. The lowest BCUT2D eigenvalue weighted by atomic mass is 10.2. The van der Waals surface area contributed by atoms with Crippen molar-refractivity contribution >= 4 is 22.4 Å². The summed E-state index contributed by atoms with van der Waals surface area (Å²) in [4.78, 5) is 12.3. The molecule has 0 spiro atoms. The van der Waals surface area contributed by atoms with E-state index < -0.39 is 16.0 Å². The summed E-state index contributed by atoms with van der Waals surface area (Å²) in [5.74, 6) is 1.36. The van der Waals surface area contributed by atoms with Gasteiger partial charge < -0.3 is 14.8 Å². The van der Waals surface area contributed by atoms with Crippen molar-refractivity contribution in [3.05, 3.63) is 54.1 Å². The Hall–Kier alpha value is -2.34. The van der Waals surface area contributed by atoms with Gasteiger partial charge in [-0.1, -0.05) is 30.3 Å². The van der Waals surface area contributed by atoms with Gasteiger partial charge in [-0.15, -0.1) is 0 Å². The zero-order chi connectivity index (χ0) is 16.9. The average Bonchev–Trinajstić information content (AvgIpc) is 2.61. The molecular weight excluding hydrogens is 326 g/mol. The minimum Gasteiger partial charge on any atom is -0.486 e. The van der Waals surface area contributed by atoms with E-state index in [1.54, 1.807) is 25.1 Å². The second-order valence-electron chi connectivity index (χ2n) is 5.50. The molecule has 2 aromatic carbocycles. The van der Waals surface area contributed by atoms with Gasteiger partial charge in [0.1, 0.15) is 18.5 Å². The van der Waals surface area contributed by atoms with Crippen molar-refractivity contribution in [2.45, 2.75) is 17.9 Å². The van der Waals surface area contributed by atoms with Crippen LogP contribution in [-0.2, 0) is 21.3 Å². The maximum Gasteiger partial charge on any atom is 0.239 e. The summed E-state index contributed by atoms with van der Waals surface area (Å²) >= 11 is 0. The van der Waals surface area contributed by atoms with E-state index in [4.69, 9.17) is 9.47 Å². The summed E-state index contributed by atoms with van der Waals surface area (Å²) in [5.41, 5.74) is 1.56. The molecular formula is C18H19NO4S. The van der Waals surface area contributed by atoms with Crippen LogP contribution in [0.3, 0.4) is 0 Å². The molecule has 0 unspecified atom stereocenters. The van der Waals surface area contributed by atoms with Gasteiger partial charge in [0.15, 0.2) is 11.5 Å². The molecule has 5 nitrogen and oxygen atoms in total. The first kappa shape index (κ1) is 16.5. The molecule has 0 bridgehead atoms. The molecule has 2 aromatic rings. The molecule has 126 valence electrons. The first-order valence-corrected chi connectivity index (χ1v) is 9.13. The summed E-state index contributed by atoms with van der Waals surface area (Å²) in [6.07, 6.45) is 0. The van der Waals surface area contributed by atoms with Crippen molar-refractivity contribution < 1.29 is 18.5 Å². The summed E-state index contributed by atoms with van der Waals surface area (Å²) in [7, 11) is -1.29. The van der Waals surface area contributed by atoms with Crippen LogP contribution in [0.2, 0.25) is 0 Å². The van der Waals surface area contributed by atoms with Gasteiger partial charge in [0.25, 0.3) is 0 Å². The highest BCUT2D eigenvalue weighted by Gasteiger charge is 2.21. The van der Waals surface area contributed by atoms with Crippen LogP contribution in [0.1, 0.15) is 12.5 Å². The molecule has 0 saturated carbocycles. The number of benzene rings is 2. The van der Waals surface area contributed by atoms with Crippen molar-refractivity contribution in [3.63, 3.8) is 0 Å². The number of amides is 1. The molecule has 24 heavy (non-hydrogen) atoms. The summed E-state index contributed by atoms with van der Waals surface area (Å²) in [6.45, 7) is 2.68. The van der Waals surface area contributed by atoms with Crippen LogP contribution in [0.5, 0.6) is 11.5 Å². The lowest BCUT2D eigenvalue weighted by Gasteiger charge is -2.19. The van der Waals surface area contributed by atoms with Crippen LogP contribution in [0.15, 0.2) is 48.5 Å². The van der Waals surface area contributed by atoms with E-state index in [2.05, 4.69) is 5.32 Å². The molecule has 1 aliphatic heterocycles. The fourth-order valence-corrected chi connectivity index (χ4v) is 3.42. The van der Waals surface area contributed by atoms with E-state index >= 15 is 0 Å². The minimum absolute atomic E-state index is 0.277. The Balaban J connectivity index is 1.62. The maximum atomic E-state index is 12.4. The third-order valence-electron chi connectivity index (χ3n) is 3.73. The topological polar surface area (TPSA) is 64.6 Å². The number of rotatable bonds is 5. The largest absolute Gasteiger partial charge is 0.486 e. The van der Waals surface area contributed by atoms with E-state index in [9.17, 15) is 9.00 Å². The molecule has 0 fully saturated rings. The van der Waals surface area contributed by atoms with Crippen molar-refractivity contribution in [1.29, 1.82) is 0 Å². The Morgan fingerprint density at radius 3 is 2.58 bits per heavy atom. The minimum atomic E-state index is -1.29. The van der Waals surface area contributed by atoms with Gasteiger partial charge in [0.2, 0.25) is 5.91 Å². The third-order valence-corrected chi connectivity index (χ3v) is 5.35. The molecule has 3 rings (SSSR count). The maximum absolute atomic E-state index is 12.4.